The Labute approximate surface area is 104 Å². The minimum atomic E-state index is -0.154. The molecule has 94 valence electrons. The molecule has 0 saturated carbocycles. The third-order valence-corrected chi connectivity index (χ3v) is 1.70. The van der Waals surface area contributed by atoms with Gasteiger partial charge in [-0.15, -0.1) is 15.3 Å². The number of nitrogens with zero attached hydrogens (tertiary/aromatic N) is 4. The van der Waals surface area contributed by atoms with Crippen LogP contribution in [0, 0.1) is 0 Å². The van der Waals surface area contributed by atoms with Gasteiger partial charge in [-0.1, -0.05) is 30.3 Å². The Morgan fingerprint density at radius 2 is 1.44 bits per heavy atom. The van der Waals surface area contributed by atoms with Gasteiger partial charge in [0.25, 0.3) is 0 Å². The second-order valence-electron chi connectivity index (χ2n) is 3.15. The zero-order valence-electron chi connectivity index (χ0n) is 9.56. The van der Waals surface area contributed by atoms with Gasteiger partial charge >= 0.3 is 0 Å². The Hall–Kier alpha value is -2.90. The highest BCUT2D eigenvalue weighted by atomic mass is 15.3. The fourth-order valence-electron chi connectivity index (χ4n) is 1.03. The Morgan fingerprint density at radius 1 is 0.833 bits per heavy atom. The summed E-state index contributed by atoms with van der Waals surface area (Å²) in [6.45, 7) is 0. The molecule has 0 aliphatic carbocycles. The number of benzene rings is 1. The van der Waals surface area contributed by atoms with Crippen LogP contribution in [0.1, 0.15) is 5.56 Å². The van der Waals surface area contributed by atoms with Crippen molar-refractivity contribution in [2.24, 2.45) is 43.3 Å². The Morgan fingerprint density at radius 3 is 2.00 bits per heavy atom. The molecule has 0 aliphatic heterocycles. The van der Waals surface area contributed by atoms with E-state index in [9.17, 15) is 0 Å². The smallest absolute Gasteiger partial charge is 0.211 e. The molecule has 0 heterocycles. The van der Waals surface area contributed by atoms with Crippen LogP contribution < -0.4 is 22.9 Å². The molecule has 8 nitrogen and oxygen atoms in total. The van der Waals surface area contributed by atoms with E-state index in [4.69, 9.17) is 22.9 Å². The molecule has 0 unspecified atom stereocenters. The number of rotatable bonds is 4. The first-order valence-electron chi connectivity index (χ1n) is 4.93. The van der Waals surface area contributed by atoms with Crippen molar-refractivity contribution >= 4 is 23.8 Å². The largest absolute Gasteiger partial charge is 0.369 e. The van der Waals surface area contributed by atoms with E-state index in [0.717, 1.165) is 5.56 Å². The molecule has 0 radical (unpaired) electrons. The number of hydrogen-bond donors (Lipinski definition) is 4. The predicted octanol–water partition coefficient (Wildman–Crippen LogP) is -1.08. The molecule has 1 rings (SSSR count). The average molecular weight is 246 g/mol. The summed E-state index contributed by atoms with van der Waals surface area (Å²) in [6, 6.07) is 9.20. The van der Waals surface area contributed by atoms with E-state index in [1.165, 1.54) is 6.21 Å². The normalized spacial score (nSPS) is 11.2. The molecular formula is C10H14N8. The molecule has 0 bridgehead atoms. The lowest BCUT2D eigenvalue weighted by atomic mass is 10.1. The van der Waals surface area contributed by atoms with Gasteiger partial charge in [-0.25, -0.2) is 0 Å². The summed E-state index contributed by atoms with van der Waals surface area (Å²) in [5.74, 6) is -0.306. The maximum Gasteiger partial charge on any atom is 0.211 e. The predicted molar refractivity (Wildman–Crippen MR) is 73.1 cm³/mol. The monoisotopic (exact) mass is 246 g/mol. The van der Waals surface area contributed by atoms with Crippen LogP contribution in [0.2, 0.25) is 0 Å². The van der Waals surface area contributed by atoms with Gasteiger partial charge in [-0.2, -0.15) is 5.10 Å². The first kappa shape index (κ1) is 13.2. The molecule has 0 aromatic heterocycles. The minimum Gasteiger partial charge on any atom is -0.369 e. The molecule has 8 N–H and O–H groups in total. The SMILES string of the molecule is NC(N)=N/N=C(\C=N\N=C(N)N)c1ccccc1. The number of guanidine groups is 2. The lowest BCUT2D eigenvalue weighted by Gasteiger charge is -1.97. The van der Waals surface area contributed by atoms with Crippen molar-refractivity contribution in [3.63, 3.8) is 0 Å². The molecule has 0 amide bonds. The van der Waals surface area contributed by atoms with Gasteiger partial charge in [0.2, 0.25) is 11.9 Å². The first-order valence-corrected chi connectivity index (χ1v) is 4.93. The second kappa shape index (κ2) is 6.63. The summed E-state index contributed by atoms with van der Waals surface area (Å²) >= 11 is 0. The van der Waals surface area contributed by atoms with E-state index in [1.54, 1.807) is 0 Å². The van der Waals surface area contributed by atoms with E-state index in [2.05, 4.69) is 20.4 Å². The highest BCUT2D eigenvalue weighted by molar-refractivity contribution is 6.38. The summed E-state index contributed by atoms with van der Waals surface area (Å²) in [7, 11) is 0. The van der Waals surface area contributed by atoms with Gasteiger partial charge in [-0.3, -0.25) is 0 Å². The maximum atomic E-state index is 5.20. The van der Waals surface area contributed by atoms with Gasteiger partial charge < -0.3 is 22.9 Å². The van der Waals surface area contributed by atoms with E-state index < -0.39 is 0 Å². The third kappa shape index (κ3) is 4.75. The molecule has 1 aromatic rings. The molecule has 0 spiro atoms. The fourth-order valence-corrected chi connectivity index (χ4v) is 1.03. The minimum absolute atomic E-state index is 0.152. The van der Waals surface area contributed by atoms with Gasteiger partial charge in [0, 0.05) is 5.56 Å². The van der Waals surface area contributed by atoms with E-state index in [1.807, 2.05) is 30.3 Å². The van der Waals surface area contributed by atoms with Gasteiger partial charge in [-0.05, 0) is 0 Å². The van der Waals surface area contributed by atoms with E-state index >= 15 is 0 Å². The van der Waals surface area contributed by atoms with Gasteiger partial charge in [0.05, 0.1) is 6.21 Å². The summed E-state index contributed by atoms with van der Waals surface area (Å²) in [4.78, 5) is 0. The van der Waals surface area contributed by atoms with Gasteiger partial charge in [0.1, 0.15) is 5.71 Å². The lowest BCUT2D eigenvalue weighted by Crippen LogP contribution is -2.22. The van der Waals surface area contributed by atoms with Crippen LogP contribution >= 0.6 is 0 Å². The fraction of sp³-hybridized carbons (Fsp3) is 0. The van der Waals surface area contributed by atoms with Crippen LogP contribution in [-0.2, 0) is 0 Å². The number of nitrogens with two attached hydrogens (primary N) is 4. The highest BCUT2D eigenvalue weighted by Gasteiger charge is 1.99. The highest BCUT2D eigenvalue weighted by Crippen LogP contribution is 2.00. The van der Waals surface area contributed by atoms with E-state index in [-0.39, 0.29) is 11.9 Å². The van der Waals surface area contributed by atoms with Crippen molar-refractivity contribution in [3.8, 4) is 0 Å². The van der Waals surface area contributed by atoms with Crippen LogP contribution in [0.4, 0.5) is 0 Å². The van der Waals surface area contributed by atoms with Crippen LogP contribution in [0.3, 0.4) is 0 Å². The van der Waals surface area contributed by atoms with Crippen molar-refractivity contribution < 1.29 is 0 Å². The molecule has 0 fully saturated rings. The molecule has 0 atom stereocenters. The van der Waals surface area contributed by atoms with Crippen LogP contribution in [0.15, 0.2) is 50.7 Å². The van der Waals surface area contributed by atoms with Crippen LogP contribution in [-0.4, -0.2) is 23.8 Å². The van der Waals surface area contributed by atoms with Crippen molar-refractivity contribution in [1.82, 2.24) is 0 Å². The van der Waals surface area contributed by atoms with Gasteiger partial charge in [0.15, 0.2) is 0 Å². The van der Waals surface area contributed by atoms with Crippen molar-refractivity contribution in [1.29, 1.82) is 0 Å². The Balaban J connectivity index is 3.04. The molecule has 18 heavy (non-hydrogen) atoms. The third-order valence-electron chi connectivity index (χ3n) is 1.70. The molecule has 8 heteroatoms. The Bertz CT molecular complexity index is 492. The summed E-state index contributed by atoms with van der Waals surface area (Å²) in [5, 5.41) is 14.5. The summed E-state index contributed by atoms with van der Waals surface area (Å²) < 4.78 is 0. The summed E-state index contributed by atoms with van der Waals surface area (Å²) in [5.41, 5.74) is 21.9. The zero-order valence-corrected chi connectivity index (χ0v) is 9.56. The first-order chi connectivity index (χ1) is 8.59. The van der Waals surface area contributed by atoms with Crippen LogP contribution in [0.5, 0.6) is 0 Å². The quantitative estimate of drug-likeness (QED) is 0.303. The van der Waals surface area contributed by atoms with Crippen LogP contribution in [0.25, 0.3) is 0 Å². The maximum absolute atomic E-state index is 5.20. The lowest BCUT2D eigenvalue weighted by molar-refractivity contribution is 1.20. The van der Waals surface area contributed by atoms with Crippen molar-refractivity contribution in [2.45, 2.75) is 0 Å². The number of hydrogen-bond acceptors (Lipinski definition) is 4. The van der Waals surface area contributed by atoms with E-state index in [0.29, 0.717) is 5.71 Å². The zero-order chi connectivity index (χ0) is 13.4. The topological polar surface area (TPSA) is 154 Å². The molecule has 0 aliphatic rings. The summed E-state index contributed by atoms with van der Waals surface area (Å²) in [6.07, 6.45) is 1.35. The van der Waals surface area contributed by atoms with Crippen molar-refractivity contribution in [2.75, 3.05) is 0 Å². The Kier molecular flexibility index (Phi) is 4.85. The average Bonchev–Trinajstić information content (AvgIpc) is 2.34. The standard InChI is InChI=1S/C10H14N8/c11-9(12)17-15-6-8(16-18-10(13)14)7-4-2-1-3-5-7/h1-6H,(H4,11,12,17)(H4,13,14,18)/b15-6+,16-8+. The molecule has 1 aromatic carbocycles. The molecular weight excluding hydrogens is 232 g/mol. The second-order valence-corrected chi connectivity index (χ2v) is 3.15. The molecule has 0 saturated heterocycles. The van der Waals surface area contributed by atoms with Crippen molar-refractivity contribution in [3.05, 3.63) is 35.9 Å².